The zero-order valence-electron chi connectivity index (χ0n) is 18.3. The van der Waals surface area contributed by atoms with Crippen molar-refractivity contribution in [3.05, 3.63) is 77.7 Å². The summed E-state index contributed by atoms with van der Waals surface area (Å²) in [6, 6.07) is 18.9. The summed E-state index contributed by atoms with van der Waals surface area (Å²) in [4.78, 5) is 21.9. The Morgan fingerprint density at radius 1 is 0.912 bits per heavy atom. The van der Waals surface area contributed by atoms with Gasteiger partial charge in [0, 0.05) is 42.2 Å². The minimum atomic E-state index is -0.0883. The highest BCUT2D eigenvalue weighted by molar-refractivity contribution is 6.30. The quantitative estimate of drug-likeness (QED) is 0.383. The Balaban J connectivity index is 1.43. The lowest BCUT2D eigenvalue weighted by atomic mass is 10.2. The van der Waals surface area contributed by atoms with E-state index < -0.39 is 0 Å². The number of hydrogen-bond acceptors (Lipinski definition) is 6. The maximum Gasteiger partial charge on any atom is 0.289 e. The Kier molecular flexibility index (Phi) is 5.15. The number of carbonyl (C=O) groups is 1. The lowest BCUT2D eigenvalue weighted by molar-refractivity contribution is 0.0735. The number of fused-ring (bicyclic) bond motifs is 3. The molecule has 0 atom stereocenters. The first-order chi connectivity index (χ1) is 16.7. The Morgan fingerprint density at radius 2 is 1.76 bits per heavy atom. The maximum atomic E-state index is 12.8. The van der Waals surface area contributed by atoms with Crippen molar-refractivity contribution in [1.29, 1.82) is 0 Å². The second-order valence-electron chi connectivity index (χ2n) is 8.23. The molecule has 170 valence electrons. The molecule has 1 saturated heterocycles. The van der Waals surface area contributed by atoms with E-state index in [1.54, 1.807) is 12.1 Å². The zero-order chi connectivity index (χ0) is 23.1. The van der Waals surface area contributed by atoms with Gasteiger partial charge >= 0.3 is 0 Å². The minimum Gasteiger partial charge on any atom is -0.459 e. The number of carbonyl (C=O) groups excluding carboxylic acids is 1. The molecule has 0 N–H and O–H groups in total. The third-order valence-corrected chi connectivity index (χ3v) is 6.38. The monoisotopic (exact) mass is 472 g/mol. The van der Waals surface area contributed by atoms with E-state index >= 15 is 0 Å². The molecular weight excluding hydrogens is 452 g/mol. The molecule has 4 heterocycles. The molecule has 2 aromatic carbocycles. The fraction of sp³-hybridized carbons (Fsp3) is 0.200. The first-order valence-electron chi connectivity index (χ1n) is 11.2. The molecule has 5 aromatic rings. The van der Waals surface area contributed by atoms with Crippen molar-refractivity contribution >= 4 is 40.0 Å². The SMILES string of the molecule is O=C(c1ccco1)N1CCCN(c2nc3ccccc3c3nnc(-c4ccc(Cl)cc4)n23)CC1. The van der Waals surface area contributed by atoms with Crippen LogP contribution in [0.2, 0.25) is 5.02 Å². The maximum absolute atomic E-state index is 12.8. The molecule has 34 heavy (non-hydrogen) atoms. The van der Waals surface area contributed by atoms with Gasteiger partial charge in [-0.25, -0.2) is 9.38 Å². The highest BCUT2D eigenvalue weighted by Gasteiger charge is 2.25. The molecule has 6 rings (SSSR count). The number of nitrogens with zero attached hydrogens (tertiary/aromatic N) is 6. The first-order valence-corrected chi connectivity index (χ1v) is 11.5. The molecule has 0 radical (unpaired) electrons. The molecule has 3 aromatic heterocycles. The largest absolute Gasteiger partial charge is 0.459 e. The Hall–Kier alpha value is -3.91. The van der Waals surface area contributed by atoms with E-state index in [2.05, 4.69) is 15.1 Å². The van der Waals surface area contributed by atoms with Crippen molar-refractivity contribution in [3.8, 4) is 11.4 Å². The minimum absolute atomic E-state index is 0.0883. The number of hydrogen-bond donors (Lipinski definition) is 0. The number of para-hydroxylation sites is 1. The lowest BCUT2D eigenvalue weighted by Gasteiger charge is -2.24. The average Bonchev–Trinajstić information content (AvgIpc) is 3.50. The van der Waals surface area contributed by atoms with E-state index in [0.717, 1.165) is 41.0 Å². The van der Waals surface area contributed by atoms with Crippen LogP contribution in [0, 0.1) is 0 Å². The van der Waals surface area contributed by atoms with Crippen LogP contribution >= 0.6 is 11.6 Å². The van der Waals surface area contributed by atoms with E-state index in [4.69, 9.17) is 21.0 Å². The van der Waals surface area contributed by atoms with Gasteiger partial charge in [0.2, 0.25) is 5.95 Å². The number of halogens is 1. The molecule has 8 nitrogen and oxygen atoms in total. The fourth-order valence-corrected chi connectivity index (χ4v) is 4.57. The van der Waals surface area contributed by atoms with Crippen LogP contribution in [0.1, 0.15) is 17.0 Å². The topological polar surface area (TPSA) is 79.8 Å². The van der Waals surface area contributed by atoms with Gasteiger partial charge < -0.3 is 14.2 Å². The molecule has 1 aliphatic rings. The van der Waals surface area contributed by atoms with Crippen LogP contribution in [0.25, 0.3) is 27.9 Å². The van der Waals surface area contributed by atoms with Gasteiger partial charge in [0.1, 0.15) is 0 Å². The predicted octanol–water partition coefficient (Wildman–Crippen LogP) is 4.54. The summed E-state index contributed by atoms with van der Waals surface area (Å²) in [5, 5.41) is 10.7. The molecular formula is C25H21ClN6O2. The summed E-state index contributed by atoms with van der Waals surface area (Å²) >= 11 is 6.11. The van der Waals surface area contributed by atoms with Gasteiger partial charge in [-0.3, -0.25) is 4.79 Å². The molecule has 0 saturated carbocycles. The van der Waals surface area contributed by atoms with Gasteiger partial charge in [-0.15, -0.1) is 10.2 Å². The van der Waals surface area contributed by atoms with Crippen LogP contribution in [0.5, 0.6) is 0 Å². The van der Waals surface area contributed by atoms with Crippen molar-refractivity contribution < 1.29 is 9.21 Å². The molecule has 0 spiro atoms. The molecule has 0 aliphatic carbocycles. The van der Waals surface area contributed by atoms with E-state index in [9.17, 15) is 4.79 Å². The zero-order valence-corrected chi connectivity index (χ0v) is 19.0. The van der Waals surface area contributed by atoms with Crippen LogP contribution < -0.4 is 4.90 Å². The van der Waals surface area contributed by atoms with E-state index in [0.29, 0.717) is 36.2 Å². The molecule has 1 aliphatic heterocycles. The Morgan fingerprint density at radius 3 is 2.59 bits per heavy atom. The predicted molar refractivity (Wildman–Crippen MR) is 130 cm³/mol. The summed E-state index contributed by atoms with van der Waals surface area (Å²) in [5.41, 5.74) is 2.51. The first kappa shape index (κ1) is 20.7. The van der Waals surface area contributed by atoms with Crippen LogP contribution in [0.15, 0.2) is 71.3 Å². The summed E-state index contributed by atoms with van der Waals surface area (Å²) in [6.45, 7) is 2.60. The van der Waals surface area contributed by atoms with Crippen LogP contribution in [-0.4, -0.2) is 56.6 Å². The van der Waals surface area contributed by atoms with E-state index in [1.165, 1.54) is 6.26 Å². The Labute approximate surface area is 200 Å². The highest BCUT2D eigenvalue weighted by Crippen LogP contribution is 2.29. The number of anilines is 1. The van der Waals surface area contributed by atoms with E-state index in [-0.39, 0.29) is 5.91 Å². The second kappa shape index (κ2) is 8.46. The van der Waals surface area contributed by atoms with Crippen molar-refractivity contribution in [2.45, 2.75) is 6.42 Å². The van der Waals surface area contributed by atoms with Crippen LogP contribution in [0.3, 0.4) is 0 Å². The third-order valence-electron chi connectivity index (χ3n) is 6.13. The molecule has 0 bridgehead atoms. The van der Waals surface area contributed by atoms with Gasteiger partial charge in [0.25, 0.3) is 5.91 Å². The van der Waals surface area contributed by atoms with E-state index in [1.807, 2.05) is 57.8 Å². The molecule has 9 heteroatoms. The van der Waals surface area contributed by atoms with Crippen LogP contribution in [-0.2, 0) is 0 Å². The standard InChI is InChI=1S/C25H21ClN6O2/c26-18-10-8-17(9-11-18)22-28-29-23-19-5-1-2-6-20(19)27-25(32(22)23)31-13-4-12-30(14-15-31)24(33)21-7-3-16-34-21/h1-3,5-11,16H,4,12-15H2. The van der Waals surface area contributed by atoms with Crippen molar-refractivity contribution in [2.75, 3.05) is 31.1 Å². The molecule has 1 fully saturated rings. The number of rotatable bonds is 3. The van der Waals surface area contributed by atoms with Gasteiger partial charge in [-0.05, 0) is 55.0 Å². The number of furan rings is 1. The van der Waals surface area contributed by atoms with Gasteiger partial charge in [-0.2, -0.15) is 0 Å². The second-order valence-corrected chi connectivity index (χ2v) is 8.67. The van der Waals surface area contributed by atoms with Crippen molar-refractivity contribution in [1.82, 2.24) is 24.5 Å². The van der Waals surface area contributed by atoms with Crippen molar-refractivity contribution in [2.24, 2.45) is 0 Å². The number of benzene rings is 2. The van der Waals surface area contributed by atoms with Crippen molar-refractivity contribution in [3.63, 3.8) is 0 Å². The Bertz CT molecular complexity index is 1480. The van der Waals surface area contributed by atoms with Gasteiger partial charge in [-0.1, -0.05) is 23.7 Å². The summed E-state index contributed by atoms with van der Waals surface area (Å²) < 4.78 is 7.33. The number of aromatic nitrogens is 4. The van der Waals surface area contributed by atoms with Gasteiger partial charge in [0.05, 0.1) is 11.8 Å². The van der Waals surface area contributed by atoms with Crippen LogP contribution in [0.4, 0.5) is 5.95 Å². The lowest BCUT2D eigenvalue weighted by Crippen LogP contribution is -2.35. The third kappa shape index (κ3) is 3.56. The highest BCUT2D eigenvalue weighted by atomic mass is 35.5. The number of amides is 1. The summed E-state index contributed by atoms with van der Waals surface area (Å²) in [6.07, 6.45) is 2.33. The smallest absolute Gasteiger partial charge is 0.289 e. The normalized spacial score (nSPS) is 14.6. The fourth-order valence-electron chi connectivity index (χ4n) is 4.44. The summed E-state index contributed by atoms with van der Waals surface area (Å²) in [5.74, 6) is 1.74. The molecule has 0 unspecified atom stereocenters. The molecule has 1 amide bonds. The summed E-state index contributed by atoms with van der Waals surface area (Å²) in [7, 11) is 0. The van der Waals surface area contributed by atoms with Gasteiger partial charge in [0.15, 0.2) is 17.2 Å². The average molecular weight is 473 g/mol.